The maximum absolute atomic E-state index is 10.9. The van der Waals surface area contributed by atoms with Crippen LogP contribution in [0.25, 0.3) is 6.08 Å². The Morgan fingerprint density at radius 1 is 1.43 bits per heavy atom. The van der Waals surface area contributed by atoms with Crippen LogP contribution in [-0.2, 0) is 6.54 Å². The summed E-state index contributed by atoms with van der Waals surface area (Å²) in [5.74, 6) is 1.50. The van der Waals surface area contributed by atoms with Gasteiger partial charge in [-0.05, 0) is 25.5 Å². The highest BCUT2D eigenvalue weighted by Gasteiger charge is 2.09. The number of nitro benzene ring substituents is 1. The van der Waals surface area contributed by atoms with E-state index in [9.17, 15) is 10.1 Å². The molecule has 0 aliphatic rings. The lowest BCUT2D eigenvalue weighted by Crippen LogP contribution is -2.24. The van der Waals surface area contributed by atoms with Crippen molar-refractivity contribution in [1.82, 2.24) is 14.9 Å². The second kappa shape index (κ2) is 8.24. The molecule has 0 radical (unpaired) electrons. The van der Waals surface area contributed by atoms with Crippen LogP contribution in [0, 0.1) is 23.0 Å². The van der Waals surface area contributed by atoms with Crippen LogP contribution in [0.15, 0.2) is 42.7 Å². The largest absolute Gasteiger partial charge is 0.335 e. The van der Waals surface area contributed by atoms with Crippen molar-refractivity contribution in [2.75, 3.05) is 13.1 Å². The quantitative estimate of drug-likeness (QED) is 0.462. The number of nitro groups is 1. The first-order chi connectivity index (χ1) is 11.1. The van der Waals surface area contributed by atoms with E-state index in [2.05, 4.69) is 21.8 Å². The number of para-hydroxylation sites is 1. The fourth-order valence-corrected chi connectivity index (χ4v) is 2.39. The minimum absolute atomic E-state index is 0.132. The molecule has 0 aliphatic heterocycles. The van der Waals surface area contributed by atoms with Crippen molar-refractivity contribution in [3.05, 3.63) is 64.2 Å². The Labute approximate surface area is 136 Å². The molecule has 0 fully saturated rings. The van der Waals surface area contributed by atoms with Gasteiger partial charge in [0.2, 0.25) is 0 Å². The van der Waals surface area contributed by atoms with Gasteiger partial charge in [0.25, 0.3) is 5.69 Å². The molecule has 2 aromatic rings. The lowest BCUT2D eigenvalue weighted by Gasteiger charge is -2.13. The normalized spacial score (nSPS) is 12.6. The van der Waals surface area contributed by atoms with Gasteiger partial charge in [0.15, 0.2) is 0 Å². The molecule has 0 amide bonds. The molecule has 122 valence electrons. The van der Waals surface area contributed by atoms with Gasteiger partial charge in [-0.1, -0.05) is 31.2 Å². The molecule has 0 saturated carbocycles. The molecule has 1 heterocycles. The monoisotopic (exact) mass is 314 g/mol. The average Bonchev–Trinajstić information content (AvgIpc) is 2.92. The van der Waals surface area contributed by atoms with Crippen molar-refractivity contribution in [1.29, 1.82) is 0 Å². The predicted octanol–water partition coefficient (Wildman–Crippen LogP) is 3.04. The Hall–Kier alpha value is -2.47. The van der Waals surface area contributed by atoms with Gasteiger partial charge in [0.05, 0.1) is 10.5 Å². The number of aromatic nitrogens is 2. The second-order valence-electron chi connectivity index (χ2n) is 5.61. The predicted molar refractivity (Wildman–Crippen MR) is 91.1 cm³/mol. The number of hydrogen-bond donors (Lipinski definition) is 1. The van der Waals surface area contributed by atoms with Crippen molar-refractivity contribution in [2.45, 2.75) is 20.4 Å². The molecule has 1 unspecified atom stereocenters. The van der Waals surface area contributed by atoms with Crippen LogP contribution < -0.4 is 5.32 Å². The summed E-state index contributed by atoms with van der Waals surface area (Å²) in [6, 6.07) is 6.74. The molecule has 0 spiro atoms. The highest BCUT2D eigenvalue weighted by atomic mass is 16.6. The van der Waals surface area contributed by atoms with Crippen LogP contribution in [0.3, 0.4) is 0 Å². The SMILES string of the molecule is Cc1nccn1CC(C)CNC/C=C/c1ccccc1[N+](=O)[O-]. The Balaban J connectivity index is 1.77. The van der Waals surface area contributed by atoms with Crippen LogP contribution >= 0.6 is 0 Å². The Bertz CT molecular complexity index is 679. The molecule has 1 aromatic carbocycles. The number of nitrogens with zero attached hydrogens (tertiary/aromatic N) is 3. The van der Waals surface area contributed by atoms with Gasteiger partial charge in [-0.25, -0.2) is 4.98 Å². The number of aryl methyl sites for hydroxylation is 1. The Morgan fingerprint density at radius 3 is 2.91 bits per heavy atom. The van der Waals surface area contributed by atoms with Gasteiger partial charge >= 0.3 is 0 Å². The lowest BCUT2D eigenvalue weighted by atomic mass is 10.1. The van der Waals surface area contributed by atoms with Crippen molar-refractivity contribution >= 4 is 11.8 Å². The molecule has 6 nitrogen and oxygen atoms in total. The summed E-state index contributed by atoms with van der Waals surface area (Å²) in [5.41, 5.74) is 0.758. The highest BCUT2D eigenvalue weighted by molar-refractivity contribution is 5.60. The van der Waals surface area contributed by atoms with Crippen LogP contribution in [0.4, 0.5) is 5.69 Å². The summed E-state index contributed by atoms with van der Waals surface area (Å²) >= 11 is 0. The maximum atomic E-state index is 10.9. The molecule has 1 N–H and O–H groups in total. The molecule has 1 aromatic heterocycles. The van der Waals surface area contributed by atoms with Gasteiger partial charge in [-0.15, -0.1) is 0 Å². The second-order valence-corrected chi connectivity index (χ2v) is 5.61. The van der Waals surface area contributed by atoms with E-state index in [4.69, 9.17) is 0 Å². The maximum Gasteiger partial charge on any atom is 0.276 e. The van der Waals surface area contributed by atoms with E-state index in [1.807, 2.05) is 25.4 Å². The van der Waals surface area contributed by atoms with Gasteiger partial charge in [-0.2, -0.15) is 0 Å². The third-order valence-corrected chi connectivity index (χ3v) is 3.62. The van der Waals surface area contributed by atoms with Gasteiger partial charge in [-0.3, -0.25) is 10.1 Å². The molecular weight excluding hydrogens is 292 g/mol. The number of hydrogen-bond acceptors (Lipinski definition) is 4. The fraction of sp³-hybridized carbons (Fsp3) is 0.353. The summed E-state index contributed by atoms with van der Waals surface area (Å²) in [6.45, 7) is 6.65. The van der Waals surface area contributed by atoms with E-state index in [0.717, 1.165) is 18.9 Å². The molecule has 6 heteroatoms. The smallest absolute Gasteiger partial charge is 0.276 e. The third kappa shape index (κ3) is 5.03. The zero-order valence-electron chi connectivity index (χ0n) is 13.5. The molecule has 0 bridgehead atoms. The minimum atomic E-state index is -0.359. The number of rotatable bonds is 8. The molecule has 0 aliphatic carbocycles. The number of imidazole rings is 1. The summed E-state index contributed by atoms with van der Waals surface area (Å²) in [5, 5.41) is 14.3. The summed E-state index contributed by atoms with van der Waals surface area (Å²) < 4.78 is 2.13. The molecule has 0 saturated heterocycles. The van der Waals surface area contributed by atoms with E-state index in [1.165, 1.54) is 6.07 Å². The topological polar surface area (TPSA) is 73.0 Å². The van der Waals surface area contributed by atoms with E-state index in [0.29, 0.717) is 18.0 Å². The van der Waals surface area contributed by atoms with Crippen LogP contribution in [0.5, 0.6) is 0 Å². The van der Waals surface area contributed by atoms with Crippen LogP contribution in [0.2, 0.25) is 0 Å². The van der Waals surface area contributed by atoms with Crippen LogP contribution in [-0.4, -0.2) is 27.6 Å². The number of benzene rings is 1. The van der Waals surface area contributed by atoms with Crippen molar-refractivity contribution < 1.29 is 4.92 Å². The summed E-state index contributed by atoms with van der Waals surface area (Å²) in [7, 11) is 0. The number of nitrogens with one attached hydrogen (secondary N) is 1. The average molecular weight is 314 g/mol. The first-order valence-electron chi connectivity index (χ1n) is 7.66. The molecule has 23 heavy (non-hydrogen) atoms. The lowest BCUT2D eigenvalue weighted by molar-refractivity contribution is -0.385. The van der Waals surface area contributed by atoms with E-state index < -0.39 is 0 Å². The Kier molecular flexibility index (Phi) is 6.05. The first-order valence-corrected chi connectivity index (χ1v) is 7.66. The van der Waals surface area contributed by atoms with Crippen LogP contribution in [0.1, 0.15) is 18.3 Å². The first kappa shape index (κ1) is 16.9. The van der Waals surface area contributed by atoms with E-state index in [-0.39, 0.29) is 10.6 Å². The standard InChI is InChI=1S/C17H22N4O2/c1-14(13-20-11-10-19-15(20)2)12-18-9-5-7-16-6-3-4-8-17(16)21(22)23/h3-8,10-11,14,18H,9,12-13H2,1-2H3/b7-5+. The minimum Gasteiger partial charge on any atom is -0.335 e. The highest BCUT2D eigenvalue weighted by Crippen LogP contribution is 2.18. The Morgan fingerprint density at radius 2 is 2.22 bits per heavy atom. The zero-order chi connectivity index (χ0) is 16.7. The van der Waals surface area contributed by atoms with Gasteiger partial charge in [0.1, 0.15) is 5.82 Å². The summed E-state index contributed by atoms with van der Waals surface area (Å²) in [4.78, 5) is 14.8. The van der Waals surface area contributed by atoms with Gasteiger partial charge < -0.3 is 9.88 Å². The van der Waals surface area contributed by atoms with E-state index >= 15 is 0 Å². The molecule has 2 rings (SSSR count). The van der Waals surface area contributed by atoms with Gasteiger partial charge in [0, 0.05) is 31.5 Å². The van der Waals surface area contributed by atoms with E-state index in [1.54, 1.807) is 24.3 Å². The fourth-order valence-electron chi connectivity index (χ4n) is 2.39. The van der Waals surface area contributed by atoms with Crippen molar-refractivity contribution in [3.63, 3.8) is 0 Å². The third-order valence-electron chi connectivity index (χ3n) is 3.62. The summed E-state index contributed by atoms with van der Waals surface area (Å²) in [6.07, 6.45) is 7.50. The molecule has 1 atom stereocenters. The zero-order valence-corrected chi connectivity index (χ0v) is 13.5. The van der Waals surface area contributed by atoms with Crippen molar-refractivity contribution in [2.24, 2.45) is 5.92 Å². The molecular formula is C17H22N4O2. The van der Waals surface area contributed by atoms with Crippen molar-refractivity contribution in [3.8, 4) is 0 Å².